The third-order valence-corrected chi connectivity index (χ3v) is 5.51. The van der Waals surface area contributed by atoms with Gasteiger partial charge in [0.25, 0.3) is 0 Å². The van der Waals surface area contributed by atoms with E-state index in [-0.39, 0.29) is 0 Å². The maximum Gasteiger partial charge on any atom is 0.227 e. The summed E-state index contributed by atoms with van der Waals surface area (Å²) in [5, 5.41) is 0. The molecule has 6 nitrogen and oxygen atoms in total. The molecular weight excluding hydrogens is 340 g/mol. The Bertz CT molecular complexity index is 818. The van der Waals surface area contributed by atoms with E-state index in [2.05, 4.69) is 34.9 Å². The second-order valence-electron chi connectivity index (χ2n) is 7.36. The van der Waals surface area contributed by atoms with Gasteiger partial charge in [-0.1, -0.05) is 0 Å². The minimum absolute atomic E-state index is 0.775. The number of methoxy groups -OCH3 is 2. The Balaban J connectivity index is 1.61. The molecule has 3 heterocycles. The summed E-state index contributed by atoms with van der Waals surface area (Å²) in [6, 6.07) is 6.30. The first-order valence-electron chi connectivity index (χ1n) is 9.77. The van der Waals surface area contributed by atoms with Crippen LogP contribution in [0.15, 0.2) is 18.2 Å². The lowest BCUT2D eigenvalue weighted by Crippen LogP contribution is -2.34. The quantitative estimate of drug-likeness (QED) is 0.825. The van der Waals surface area contributed by atoms with Gasteiger partial charge in [0.1, 0.15) is 5.82 Å². The van der Waals surface area contributed by atoms with Gasteiger partial charge in [0.15, 0.2) is 11.5 Å². The largest absolute Gasteiger partial charge is 0.493 e. The third kappa shape index (κ3) is 3.66. The van der Waals surface area contributed by atoms with Gasteiger partial charge in [-0.2, -0.15) is 4.98 Å². The van der Waals surface area contributed by atoms with Crippen LogP contribution in [0.1, 0.15) is 36.1 Å². The van der Waals surface area contributed by atoms with Gasteiger partial charge in [-0.3, -0.25) is 0 Å². The summed E-state index contributed by atoms with van der Waals surface area (Å²) >= 11 is 0. The van der Waals surface area contributed by atoms with Crippen molar-refractivity contribution in [1.29, 1.82) is 0 Å². The van der Waals surface area contributed by atoms with Gasteiger partial charge in [0, 0.05) is 37.9 Å². The first-order chi connectivity index (χ1) is 13.2. The number of benzene rings is 1. The van der Waals surface area contributed by atoms with Gasteiger partial charge in [0.05, 0.1) is 14.2 Å². The Morgan fingerprint density at radius 3 is 2.22 bits per heavy atom. The Kier molecular flexibility index (Phi) is 5.05. The molecule has 1 aromatic carbocycles. The van der Waals surface area contributed by atoms with E-state index in [1.54, 1.807) is 14.2 Å². The van der Waals surface area contributed by atoms with Crippen molar-refractivity contribution in [2.24, 2.45) is 0 Å². The highest BCUT2D eigenvalue weighted by atomic mass is 16.5. The normalized spacial score (nSPS) is 16.9. The Morgan fingerprint density at radius 1 is 0.815 bits per heavy atom. The molecule has 1 fully saturated rings. The van der Waals surface area contributed by atoms with Crippen LogP contribution in [0, 0.1) is 6.92 Å². The fourth-order valence-electron chi connectivity index (χ4n) is 4.02. The van der Waals surface area contributed by atoms with E-state index >= 15 is 0 Å². The van der Waals surface area contributed by atoms with Crippen LogP contribution in [-0.4, -0.2) is 43.8 Å². The molecule has 2 aliphatic rings. The van der Waals surface area contributed by atoms with Crippen molar-refractivity contribution < 1.29 is 9.47 Å². The SMILES string of the molecule is COc1cc2c(cc1OC)CN(c1nc(C)cc(N3CCCCC3)n1)CC2. The first-order valence-corrected chi connectivity index (χ1v) is 9.77. The van der Waals surface area contributed by atoms with Crippen molar-refractivity contribution in [3.63, 3.8) is 0 Å². The summed E-state index contributed by atoms with van der Waals surface area (Å²) in [7, 11) is 3.36. The molecule has 0 saturated carbocycles. The summed E-state index contributed by atoms with van der Waals surface area (Å²) in [5.41, 5.74) is 3.59. The molecule has 0 N–H and O–H groups in total. The Morgan fingerprint density at radius 2 is 1.52 bits per heavy atom. The van der Waals surface area contributed by atoms with Crippen molar-refractivity contribution in [3.8, 4) is 11.5 Å². The van der Waals surface area contributed by atoms with E-state index in [1.807, 2.05) is 0 Å². The summed E-state index contributed by atoms with van der Waals surface area (Å²) < 4.78 is 10.9. The number of hydrogen-bond acceptors (Lipinski definition) is 6. The van der Waals surface area contributed by atoms with Gasteiger partial charge < -0.3 is 19.3 Å². The molecule has 2 aliphatic heterocycles. The molecule has 0 aliphatic carbocycles. The highest BCUT2D eigenvalue weighted by molar-refractivity contribution is 5.52. The summed E-state index contributed by atoms with van der Waals surface area (Å²) in [6.45, 7) is 5.94. The number of hydrogen-bond donors (Lipinski definition) is 0. The fraction of sp³-hybridized carbons (Fsp3) is 0.524. The van der Waals surface area contributed by atoms with Gasteiger partial charge >= 0.3 is 0 Å². The minimum Gasteiger partial charge on any atom is -0.493 e. The first kappa shape index (κ1) is 17.9. The molecular formula is C21H28N4O2. The second-order valence-corrected chi connectivity index (χ2v) is 7.36. The van der Waals surface area contributed by atoms with E-state index < -0.39 is 0 Å². The molecule has 6 heteroatoms. The minimum atomic E-state index is 0.775. The smallest absolute Gasteiger partial charge is 0.227 e. The highest BCUT2D eigenvalue weighted by Gasteiger charge is 2.23. The van der Waals surface area contributed by atoms with Crippen LogP contribution in [-0.2, 0) is 13.0 Å². The lowest BCUT2D eigenvalue weighted by atomic mass is 9.99. The molecule has 27 heavy (non-hydrogen) atoms. The number of ether oxygens (including phenoxy) is 2. The topological polar surface area (TPSA) is 50.7 Å². The van der Waals surface area contributed by atoms with Gasteiger partial charge in [-0.05, 0) is 55.9 Å². The molecule has 0 amide bonds. The molecule has 0 bridgehead atoms. The average Bonchev–Trinajstić information content (AvgIpc) is 2.72. The van der Waals surface area contributed by atoms with Crippen molar-refractivity contribution in [1.82, 2.24) is 9.97 Å². The van der Waals surface area contributed by atoms with E-state index in [4.69, 9.17) is 19.4 Å². The van der Waals surface area contributed by atoms with Crippen LogP contribution in [0.25, 0.3) is 0 Å². The zero-order valence-corrected chi connectivity index (χ0v) is 16.5. The molecule has 0 radical (unpaired) electrons. The summed E-state index contributed by atoms with van der Waals surface area (Å²) in [4.78, 5) is 14.3. The summed E-state index contributed by atoms with van der Waals surface area (Å²) in [5.74, 6) is 3.47. The van der Waals surface area contributed by atoms with E-state index in [0.717, 1.165) is 61.6 Å². The summed E-state index contributed by atoms with van der Waals surface area (Å²) in [6.07, 6.45) is 4.77. The molecule has 0 unspecified atom stereocenters. The van der Waals surface area contributed by atoms with Crippen molar-refractivity contribution >= 4 is 11.8 Å². The number of piperidine rings is 1. The number of nitrogens with zero attached hydrogens (tertiary/aromatic N) is 4. The predicted molar refractivity (Wildman–Crippen MR) is 107 cm³/mol. The molecule has 1 aromatic heterocycles. The van der Waals surface area contributed by atoms with Gasteiger partial charge in [-0.25, -0.2) is 4.98 Å². The van der Waals surface area contributed by atoms with Crippen molar-refractivity contribution in [2.45, 2.75) is 39.2 Å². The fourth-order valence-corrected chi connectivity index (χ4v) is 4.02. The third-order valence-electron chi connectivity index (χ3n) is 5.51. The van der Waals surface area contributed by atoms with Crippen LogP contribution in [0.4, 0.5) is 11.8 Å². The maximum absolute atomic E-state index is 5.48. The van der Waals surface area contributed by atoms with Crippen molar-refractivity contribution in [2.75, 3.05) is 43.7 Å². The Labute approximate surface area is 161 Å². The van der Waals surface area contributed by atoms with Crippen molar-refractivity contribution in [3.05, 3.63) is 35.0 Å². The van der Waals surface area contributed by atoms with Crippen LogP contribution < -0.4 is 19.3 Å². The zero-order chi connectivity index (χ0) is 18.8. The van der Waals surface area contributed by atoms with Crippen LogP contribution >= 0.6 is 0 Å². The number of rotatable bonds is 4. The Hall–Kier alpha value is -2.50. The van der Waals surface area contributed by atoms with E-state index in [9.17, 15) is 0 Å². The zero-order valence-electron chi connectivity index (χ0n) is 16.5. The number of anilines is 2. The lowest BCUT2D eigenvalue weighted by Gasteiger charge is -2.32. The predicted octanol–water partition coefficient (Wildman–Crippen LogP) is 3.36. The van der Waals surface area contributed by atoms with E-state index in [0.29, 0.717) is 0 Å². The number of aryl methyl sites for hydroxylation is 1. The average molecular weight is 368 g/mol. The second kappa shape index (κ2) is 7.62. The molecule has 144 valence electrons. The maximum atomic E-state index is 5.48. The monoisotopic (exact) mass is 368 g/mol. The molecule has 4 rings (SSSR count). The molecule has 1 saturated heterocycles. The van der Waals surface area contributed by atoms with Gasteiger partial charge in [0.2, 0.25) is 5.95 Å². The van der Waals surface area contributed by atoms with E-state index in [1.165, 1.54) is 30.4 Å². The van der Waals surface area contributed by atoms with Crippen LogP contribution in [0.2, 0.25) is 0 Å². The van der Waals surface area contributed by atoms with Gasteiger partial charge in [-0.15, -0.1) is 0 Å². The standard InChI is InChI=1S/C21H28N4O2/c1-15-11-20(24-8-5-4-6-9-24)23-21(22-15)25-10-7-16-12-18(26-2)19(27-3)13-17(16)14-25/h11-13H,4-10,14H2,1-3H3. The van der Waals surface area contributed by atoms with Crippen LogP contribution in [0.5, 0.6) is 11.5 Å². The highest BCUT2D eigenvalue weighted by Crippen LogP contribution is 2.34. The number of aromatic nitrogens is 2. The molecule has 2 aromatic rings. The molecule has 0 spiro atoms. The lowest BCUT2D eigenvalue weighted by molar-refractivity contribution is 0.353. The van der Waals surface area contributed by atoms with Crippen LogP contribution in [0.3, 0.4) is 0 Å². The molecule has 0 atom stereocenters. The number of fused-ring (bicyclic) bond motifs is 1.